The van der Waals surface area contributed by atoms with Crippen molar-refractivity contribution in [3.05, 3.63) is 23.8 Å². The minimum absolute atomic E-state index is 0.0469. The number of amides is 2. The van der Waals surface area contributed by atoms with Crippen LogP contribution in [0.2, 0.25) is 0 Å². The average Bonchev–Trinajstić information content (AvgIpc) is 2.61. The fourth-order valence-corrected chi connectivity index (χ4v) is 3.62. The van der Waals surface area contributed by atoms with Crippen LogP contribution in [-0.4, -0.2) is 30.6 Å². The molecule has 0 aromatic heterocycles. The van der Waals surface area contributed by atoms with Crippen LogP contribution in [0.25, 0.3) is 0 Å². The highest BCUT2D eigenvalue weighted by molar-refractivity contribution is 5.91. The highest BCUT2D eigenvalue weighted by atomic mass is 16.5. The monoisotopic (exact) mass is 376 g/mol. The summed E-state index contributed by atoms with van der Waals surface area (Å²) in [5, 5.41) is 5.98. The molecule has 0 bridgehead atoms. The van der Waals surface area contributed by atoms with Gasteiger partial charge in [-0.05, 0) is 51.3 Å². The molecule has 0 radical (unpaired) electrons. The maximum Gasteiger partial charge on any atom is 0.246 e. The van der Waals surface area contributed by atoms with Gasteiger partial charge in [-0.1, -0.05) is 25.3 Å². The Balaban J connectivity index is 2.15. The van der Waals surface area contributed by atoms with Crippen LogP contribution in [-0.2, 0) is 9.59 Å². The van der Waals surface area contributed by atoms with Gasteiger partial charge in [0.1, 0.15) is 5.54 Å². The molecule has 150 valence electrons. The highest BCUT2D eigenvalue weighted by Crippen LogP contribution is 2.32. The molecule has 1 aromatic rings. The number of ether oxygens (including phenoxy) is 2. The van der Waals surface area contributed by atoms with Crippen LogP contribution in [0.5, 0.6) is 11.5 Å². The Morgan fingerprint density at radius 2 is 1.74 bits per heavy atom. The molecular formula is C21H32N2O4. The first-order valence-electron chi connectivity index (χ1n) is 9.71. The predicted octanol–water partition coefficient (Wildman–Crippen LogP) is 3.50. The molecule has 27 heavy (non-hydrogen) atoms. The molecule has 1 aromatic carbocycles. The molecule has 2 N–H and O–H groups in total. The van der Waals surface area contributed by atoms with Crippen LogP contribution in [0.1, 0.15) is 71.4 Å². The third-order valence-electron chi connectivity index (χ3n) is 4.96. The van der Waals surface area contributed by atoms with E-state index in [0.29, 0.717) is 24.3 Å². The maximum atomic E-state index is 13.0. The van der Waals surface area contributed by atoms with E-state index in [1.807, 2.05) is 39.0 Å². The summed E-state index contributed by atoms with van der Waals surface area (Å²) in [5.74, 6) is 1.02. The molecule has 0 unspecified atom stereocenters. The lowest BCUT2D eigenvalue weighted by Crippen LogP contribution is -2.59. The number of benzene rings is 1. The van der Waals surface area contributed by atoms with E-state index in [1.54, 1.807) is 7.11 Å². The van der Waals surface area contributed by atoms with Crippen molar-refractivity contribution in [3.63, 3.8) is 0 Å². The van der Waals surface area contributed by atoms with E-state index in [1.165, 1.54) is 6.92 Å². The summed E-state index contributed by atoms with van der Waals surface area (Å²) in [4.78, 5) is 24.7. The van der Waals surface area contributed by atoms with Crippen molar-refractivity contribution in [2.75, 3.05) is 7.11 Å². The topological polar surface area (TPSA) is 76.7 Å². The molecule has 1 atom stereocenters. The fourth-order valence-electron chi connectivity index (χ4n) is 3.62. The smallest absolute Gasteiger partial charge is 0.246 e. The van der Waals surface area contributed by atoms with Crippen LogP contribution in [0, 0.1) is 0 Å². The summed E-state index contributed by atoms with van der Waals surface area (Å²) in [5.41, 5.74) is 0.119. The molecule has 1 aliphatic rings. The van der Waals surface area contributed by atoms with Gasteiger partial charge in [-0.15, -0.1) is 0 Å². The Labute approximate surface area is 162 Å². The van der Waals surface area contributed by atoms with Gasteiger partial charge in [0.25, 0.3) is 0 Å². The van der Waals surface area contributed by atoms with E-state index in [9.17, 15) is 9.59 Å². The zero-order valence-corrected chi connectivity index (χ0v) is 17.1. The van der Waals surface area contributed by atoms with Crippen molar-refractivity contribution in [3.8, 4) is 11.5 Å². The molecular weight excluding hydrogens is 344 g/mol. The molecule has 0 spiro atoms. The number of hydrogen-bond donors (Lipinski definition) is 2. The molecule has 0 saturated heterocycles. The Morgan fingerprint density at radius 1 is 1.07 bits per heavy atom. The molecule has 2 rings (SSSR count). The normalized spacial score (nSPS) is 17.1. The molecule has 6 nitrogen and oxygen atoms in total. The standard InChI is InChI=1S/C21H32N2O4/c1-14(2)27-18-10-9-17(13-19(18)26-5)15(3)22-20(25)21(23-16(4)24)11-7-6-8-12-21/h9-10,13-15H,6-8,11-12H2,1-5H3,(H,22,25)(H,23,24)/t15-/m0/s1. The number of carbonyl (C=O) groups excluding carboxylic acids is 2. The molecule has 6 heteroatoms. The Hall–Kier alpha value is -2.24. The summed E-state index contributed by atoms with van der Waals surface area (Å²) >= 11 is 0. The fraction of sp³-hybridized carbons (Fsp3) is 0.619. The second-order valence-electron chi connectivity index (χ2n) is 7.60. The van der Waals surface area contributed by atoms with Crippen LogP contribution in [0.4, 0.5) is 0 Å². The minimum Gasteiger partial charge on any atom is -0.493 e. The molecule has 1 saturated carbocycles. The third kappa shape index (κ3) is 5.37. The van der Waals surface area contributed by atoms with Gasteiger partial charge >= 0.3 is 0 Å². The van der Waals surface area contributed by atoms with Gasteiger partial charge in [0, 0.05) is 6.92 Å². The van der Waals surface area contributed by atoms with Crippen LogP contribution in [0.15, 0.2) is 18.2 Å². The summed E-state index contributed by atoms with van der Waals surface area (Å²) in [6.45, 7) is 7.31. The lowest BCUT2D eigenvalue weighted by molar-refractivity contribution is -0.134. The second kappa shape index (κ2) is 9.11. The van der Waals surface area contributed by atoms with Crippen molar-refractivity contribution < 1.29 is 19.1 Å². The SMILES string of the molecule is COc1cc([C@H](C)NC(=O)C2(NC(C)=O)CCCCC2)ccc1OC(C)C. The van der Waals surface area contributed by atoms with E-state index in [2.05, 4.69) is 10.6 Å². The Kier molecular flexibility index (Phi) is 7.11. The summed E-state index contributed by atoms with van der Waals surface area (Å²) in [7, 11) is 1.60. The van der Waals surface area contributed by atoms with Crippen molar-refractivity contribution in [1.82, 2.24) is 10.6 Å². The zero-order valence-electron chi connectivity index (χ0n) is 17.1. The van der Waals surface area contributed by atoms with Crippen molar-refractivity contribution >= 4 is 11.8 Å². The van der Waals surface area contributed by atoms with Gasteiger partial charge in [-0.25, -0.2) is 0 Å². The van der Waals surface area contributed by atoms with Gasteiger partial charge in [-0.3, -0.25) is 9.59 Å². The van der Waals surface area contributed by atoms with Gasteiger partial charge in [0.05, 0.1) is 19.3 Å². The van der Waals surface area contributed by atoms with E-state index in [0.717, 1.165) is 24.8 Å². The molecule has 2 amide bonds. The van der Waals surface area contributed by atoms with Gasteiger partial charge in [-0.2, -0.15) is 0 Å². The van der Waals surface area contributed by atoms with Gasteiger partial charge in [0.2, 0.25) is 11.8 Å². The van der Waals surface area contributed by atoms with Crippen LogP contribution < -0.4 is 20.1 Å². The molecule has 0 aliphatic heterocycles. The van der Waals surface area contributed by atoms with Crippen molar-refractivity contribution in [2.45, 2.75) is 77.5 Å². The number of hydrogen-bond acceptors (Lipinski definition) is 4. The van der Waals surface area contributed by atoms with Crippen LogP contribution in [0.3, 0.4) is 0 Å². The van der Waals surface area contributed by atoms with Gasteiger partial charge < -0.3 is 20.1 Å². The van der Waals surface area contributed by atoms with Crippen molar-refractivity contribution in [1.29, 1.82) is 0 Å². The second-order valence-corrected chi connectivity index (χ2v) is 7.60. The Morgan fingerprint density at radius 3 is 2.30 bits per heavy atom. The summed E-state index contributed by atoms with van der Waals surface area (Å²) < 4.78 is 11.2. The highest BCUT2D eigenvalue weighted by Gasteiger charge is 2.40. The molecule has 1 fully saturated rings. The lowest BCUT2D eigenvalue weighted by atomic mass is 9.80. The first kappa shape index (κ1) is 21.1. The van der Waals surface area contributed by atoms with E-state index >= 15 is 0 Å². The quantitative estimate of drug-likeness (QED) is 0.764. The third-order valence-corrected chi connectivity index (χ3v) is 4.96. The van der Waals surface area contributed by atoms with Crippen molar-refractivity contribution in [2.24, 2.45) is 0 Å². The minimum atomic E-state index is -0.802. The Bertz CT molecular complexity index is 666. The largest absolute Gasteiger partial charge is 0.493 e. The number of methoxy groups -OCH3 is 1. The average molecular weight is 376 g/mol. The van der Waals surface area contributed by atoms with E-state index in [4.69, 9.17) is 9.47 Å². The lowest BCUT2D eigenvalue weighted by Gasteiger charge is -2.37. The number of rotatable bonds is 7. The maximum absolute atomic E-state index is 13.0. The summed E-state index contributed by atoms with van der Waals surface area (Å²) in [6, 6.07) is 5.46. The first-order chi connectivity index (χ1) is 12.8. The van der Waals surface area contributed by atoms with Crippen LogP contribution >= 0.6 is 0 Å². The molecule has 0 heterocycles. The first-order valence-corrected chi connectivity index (χ1v) is 9.71. The van der Waals surface area contributed by atoms with E-state index < -0.39 is 5.54 Å². The van der Waals surface area contributed by atoms with Gasteiger partial charge in [0.15, 0.2) is 11.5 Å². The zero-order chi connectivity index (χ0) is 20.0. The predicted molar refractivity (Wildman–Crippen MR) is 105 cm³/mol. The number of nitrogens with one attached hydrogen (secondary N) is 2. The number of carbonyl (C=O) groups is 2. The molecule has 1 aliphatic carbocycles. The van der Waals surface area contributed by atoms with E-state index in [-0.39, 0.29) is 24.0 Å². The summed E-state index contributed by atoms with van der Waals surface area (Å²) in [6.07, 6.45) is 4.38.